The van der Waals surface area contributed by atoms with Crippen molar-refractivity contribution in [1.82, 2.24) is 15.5 Å². The van der Waals surface area contributed by atoms with Gasteiger partial charge >= 0.3 is 11.8 Å². The van der Waals surface area contributed by atoms with Crippen LogP contribution in [0.15, 0.2) is 0 Å². The zero-order valence-corrected chi connectivity index (χ0v) is 10.6. The highest BCUT2D eigenvalue weighted by Crippen LogP contribution is 1.97. The lowest BCUT2D eigenvalue weighted by molar-refractivity contribution is -0.139. The van der Waals surface area contributed by atoms with Gasteiger partial charge in [-0.2, -0.15) is 5.26 Å². The van der Waals surface area contributed by atoms with E-state index in [0.29, 0.717) is 19.1 Å². The highest BCUT2D eigenvalue weighted by atomic mass is 16.2. The van der Waals surface area contributed by atoms with Crippen LogP contribution in [0.25, 0.3) is 0 Å². The van der Waals surface area contributed by atoms with Gasteiger partial charge in [0.15, 0.2) is 0 Å². The molecule has 0 bridgehead atoms. The van der Waals surface area contributed by atoms with Crippen molar-refractivity contribution in [2.24, 2.45) is 0 Å². The molecule has 1 atom stereocenters. The minimum Gasteiger partial charge on any atom is -0.347 e. The molecule has 2 amide bonds. The third-order valence-electron chi connectivity index (χ3n) is 2.63. The summed E-state index contributed by atoms with van der Waals surface area (Å²) in [4.78, 5) is 24.4. The summed E-state index contributed by atoms with van der Waals surface area (Å²) in [5.41, 5.74) is 0. The van der Waals surface area contributed by atoms with Gasteiger partial charge in [0, 0.05) is 19.1 Å². The molecular formula is C11H20N4O2. The first kappa shape index (κ1) is 15.4. The highest BCUT2D eigenvalue weighted by molar-refractivity contribution is 6.35. The van der Waals surface area contributed by atoms with E-state index in [1.54, 1.807) is 6.07 Å². The quantitative estimate of drug-likeness (QED) is 0.483. The van der Waals surface area contributed by atoms with Crippen LogP contribution < -0.4 is 10.6 Å². The van der Waals surface area contributed by atoms with Gasteiger partial charge in [-0.3, -0.25) is 9.59 Å². The van der Waals surface area contributed by atoms with E-state index in [0.717, 1.165) is 6.42 Å². The van der Waals surface area contributed by atoms with Crippen molar-refractivity contribution in [3.63, 3.8) is 0 Å². The molecule has 0 saturated heterocycles. The summed E-state index contributed by atoms with van der Waals surface area (Å²) < 4.78 is 0. The summed E-state index contributed by atoms with van der Waals surface area (Å²) in [5, 5.41) is 12.9. The molecule has 0 spiro atoms. The molecule has 2 N–H and O–H groups in total. The van der Waals surface area contributed by atoms with E-state index in [-0.39, 0.29) is 6.54 Å². The monoisotopic (exact) mass is 240 g/mol. The van der Waals surface area contributed by atoms with Crippen molar-refractivity contribution in [3.05, 3.63) is 0 Å². The number of likely N-dealkylation sites (N-methyl/N-ethyl adjacent to an activating group) is 1. The van der Waals surface area contributed by atoms with Crippen molar-refractivity contribution < 1.29 is 9.59 Å². The van der Waals surface area contributed by atoms with Crippen LogP contribution in [0, 0.1) is 11.3 Å². The normalized spacial score (nSPS) is 11.7. The molecule has 0 aliphatic carbocycles. The summed E-state index contributed by atoms with van der Waals surface area (Å²) in [6.07, 6.45) is 1.03. The molecule has 1 unspecified atom stereocenters. The first-order valence-corrected chi connectivity index (χ1v) is 5.66. The van der Waals surface area contributed by atoms with Crippen LogP contribution in [0.1, 0.15) is 20.3 Å². The maximum Gasteiger partial charge on any atom is 0.310 e. The van der Waals surface area contributed by atoms with Crippen LogP contribution in [0.3, 0.4) is 0 Å². The van der Waals surface area contributed by atoms with Gasteiger partial charge in [-0.15, -0.1) is 0 Å². The molecule has 0 aromatic heterocycles. The van der Waals surface area contributed by atoms with E-state index in [9.17, 15) is 9.59 Å². The standard InChI is InChI=1S/C11H20N4O2/c1-4-9(2)15(3)8-7-14-11(17)10(16)13-6-5-12/h9H,4,6-8H2,1-3H3,(H,13,16)(H,14,17). The minimum absolute atomic E-state index is 0.154. The second kappa shape index (κ2) is 8.53. The van der Waals surface area contributed by atoms with Gasteiger partial charge in [-0.05, 0) is 20.4 Å². The minimum atomic E-state index is -0.766. The molecule has 0 aromatic carbocycles. The summed E-state index contributed by atoms with van der Waals surface area (Å²) >= 11 is 0. The van der Waals surface area contributed by atoms with Crippen molar-refractivity contribution in [1.29, 1.82) is 5.26 Å². The first-order valence-electron chi connectivity index (χ1n) is 5.66. The van der Waals surface area contributed by atoms with Gasteiger partial charge in [-0.1, -0.05) is 6.92 Å². The largest absolute Gasteiger partial charge is 0.347 e. The van der Waals surface area contributed by atoms with E-state index in [1.807, 2.05) is 7.05 Å². The predicted molar refractivity (Wildman–Crippen MR) is 64.0 cm³/mol. The van der Waals surface area contributed by atoms with Crippen LogP contribution in [-0.2, 0) is 9.59 Å². The number of hydrogen-bond acceptors (Lipinski definition) is 4. The molecule has 0 saturated carbocycles. The Balaban J connectivity index is 3.78. The van der Waals surface area contributed by atoms with Crippen molar-refractivity contribution in [3.8, 4) is 6.07 Å². The van der Waals surface area contributed by atoms with Gasteiger partial charge in [0.2, 0.25) is 0 Å². The summed E-state index contributed by atoms with van der Waals surface area (Å²) in [6.45, 7) is 5.14. The molecule has 0 heterocycles. The molecule has 17 heavy (non-hydrogen) atoms. The first-order chi connectivity index (χ1) is 8.02. The lowest BCUT2D eigenvalue weighted by atomic mass is 10.2. The van der Waals surface area contributed by atoms with E-state index < -0.39 is 11.8 Å². The molecule has 0 fully saturated rings. The lowest BCUT2D eigenvalue weighted by Crippen LogP contribution is -2.43. The van der Waals surface area contributed by atoms with Crippen molar-refractivity contribution in [2.45, 2.75) is 26.3 Å². The molecule has 0 rings (SSSR count). The summed E-state index contributed by atoms with van der Waals surface area (Å²) in [5.74, 6) is -1.46. The van der Waals surface area contributed by atoms with Crippen molar-refractivity contribution in [2.75, 3.05) is 26.7 Å². The Hall–Kier alpha value is -1.61. The molecule has 6 nitrogen and oxygen atoms in total. The zero-order valence-electron chi connectivity index (χ0n) is 10.6. The number of carbonyl (C=O) groups is 2. The van der Waals surface area contributed by atoms with Crippen LogP contribution in [0.2, 0.25) is 0 Å². The van der Waals surface area contributed by atoms with E-state index in [1.165, 1.54) is 0 Å². The molecule has 96 valence electrons. The fraction of sp³-hybridized carbons (Fsp3) is 0.727. The fourth-order valence-corrected chi connectivity index (χ4v) is 1.16. The van der Waals surface area contributed by atoms with E-state index in [2.05, 4.69) is 29.4 Å². The van der Waals surface area contributed by atoms with Crippen LogP contribution in [-0.4, -0.2) is 49.4 Å². The number of hydrogen-bond donors (Lipinski definition) is 2. The number of carbonyl (C=O) groups excluding carboxylic acids is 2. The molecule has 6 heteroatoms. The Morgan fingerprint density at radius 2 is 1.94 bits per heavy atom. The van der Waals surface area contributed by atoms with Crippen LogP contribution >= 0.6 is 0 Å². The van der Waals surface area contributed by atoms with E-state index >= 15 is 0 Å². The van der Waals surface area contributed by atoms with Crippen LogP contribution in [0.4, 0.5) is 0 Å². The van der Waals surface area contributed by atoms with Crippen LogP contribution in [0.5, 0.6) is 0 Å². The number of nitrogens with one attached hydrogen (secondary N) is 2. The van der Waals surface area contributed by atoms with Crippen molar-refractivity contribution >= 4 is 11.8 Å². The van der Waals surface area contributed by atoms with Gasteiger partial charge in [-0.25, -0.2) is 0 Å². The Kier molecular flexibility index (Phi) is 7.72. The molecule has 0 aliphatic heterocycles. The second-order valence-corrected chi connectivity index (χ2v) is 3.83. The van der Waals surface area contributed by atoms with E-state index in [4.69, 9.17) is 5.26 Å². The van der Waals surface area contributed by atoms with Gasteiger partial charge in [0.25, 0.3) is 0 Å². The molecule has 0 radical (unpaired) electrons. The Bertz CT molecular complexity index is 298. The highest BCUT2D eigenvalue weighted by Gasteiger charge is 2.12. The smallest absolute Gasteiger partial charge is 0.310 e. The maximum absolute atomic E-state index is 11.2. The topological polar surface area (TPSA) is 85.2 Å². The lowest BCUT2D eigenvalue weighted by Gasteiger charge is -2.23. The number of nitrogens with zero attached hydrogens (tertiary/aromatic N) is 2. The average Bonchev–Trinajstić information content (AvgIpc) is 2.34. The van der Waals surface area contributed by atoms with Gasteiger partial charge < -0.3 is 15.5 Å². The predicted octanol–water partition coefficient (Wildman–Crippen LogP) is -0.527. The number of nitriles is 1. The maximum atomic E-state index is 11.2. The SMILES string of the molecule is CCC(C)N(C)CCNC(=O)C(=O)NCC#N. The third-order valence-corrected chi connectivity index (χ3v) is 2.63. The number of amides is 2. The fourth-order valence-electron chi connectivity index (χ4n) is 1.16. The molecule has 0 aromatic rings. The summed E-state index contributed by atoms with van der Waals surface area (Å²) in [6, 6.07) is 2.17. The van der Waals surface area contributed by atoms with Gasteiger partial charge in [0.05, 0.1) is 6.07 Å². The zero-order chi connectivity index (χ0) is 13.3. The van der Waals surface area contributed by atoms with Gasteiger partial charge in [0.1, 0.15) is 6.54 Å². The molecular weight excluding hydrogens is 220 g/mol. The number of rotatable bonds is 6. The second-order valence-electron chi connectivity index (χ2n) is 3.83. The summed E-state index contributed by atoms with van der Waals surface area (Å²) in [7, 11) is 1.97. The third kappa shape index (κ3) is 6.53. The Morgan fingerprint density at radius 1 is 1.35 bits per heavy atom. The average molecular weight is 240 g/mol. The Labute approximate surface area is 102 Å². The Morgan fingerprint density at radius 3 is 2.47 bits per heavy atom. The molecule has 0 aliphatic rings.